The van der Waals surface area contributed by atoms with Crippen molar-refractivity contribution in [1.29, 1.82) is 0 Å². The molecule has 20 heavy (non-hydrogen) atoms. The number of para-hydroxylation sites is 1. The molecule has 2 rings (SSSR count). The lowest BCUT2D eigenvalue weighted by Crippen LogP contribution is -2.29. The second-order valence-corrected chi connectivity index (χ2v) is 5.37. The maximum Gasteiger partial charge on any atom is 0.305 e. The van der Waals surface area contributed by atoms with Crippen molar-refractivity contribution in [3.05, 3.63) is 33.9 Å². The second kappa shape index (κ2) is 5.48. The third-order valence-electron chi connectivity index (χ3n) is 3.99. The maximum absolute atomic E-state index is 12.5. The van der Waals surface area contributed by atoms with Crippen molar-refractivity contribution in [1.82, 2.24) is 4.90 Å². The molecular formula is C14H19N3O3. The van der Waals surface area contributed by atoms with Gasteiger partial charge in [0.15, 0.2) is 0 Å². The van der Waals surface area contributed by atoms with Crippen LogP contribution in [0.15, 0.2) is 18.2 Å². The number of carbonyl (C=O) groups excluding carboxylic acids is 1. The van der Waals surface area contributed by atoms with Gasteiger partial charge in [-0.2, -0.15) is 0 Å². The lowest BCUT2D eigenvalue weighted by atomic mass is 10.0. The Morgan fingerprint density at radius 2 is 1.95 bits per heavy atom. The smallest absolute Gasteiger partial charge is 0.305 e. The summed E-state index contributed by atoms with van der Waals surface area (Å²) in [6, 6.07) is 4.79. The minimum atomic E-state index is -0.498. The van der Waals surface area contributed by atoms with Crippen LogP contribution in [0, 0.1) is 22.0 Å². The highest BCUT2D eigenvalue weighted by Gasteiger charge is 2.33. The summed E-state index contributed by atoms with van der Waals surface area (Å²) in [5.41, 5.74) is 0.372. The number of rotatable bonds is 3. The number of likely N-dealkylation sites (tertiary alicyclic amines) is 1. The third-order valence-corrected chi connectivity index (χ3v) is 3.99. The van der Waals surface area contributed by atoms with E-state index >= 15 is 0 Å². The van der Waals surface area contributed by atoms with E-state index < -0.39 is 4.92 Å². The number of hydrogen-bond donors (Lipinski definition) is 1. The molecule has 1 saturated heterocycles. The normalized spacial score (nSPS) is 21.9. The van der Waals surface area contributed by atoms with E-state index in [4.69, 9.17) is 0 Å². The molecule has 1 aromatic rings. The van der Waals surface area contributed by atoms with E-state index in [1.165, 1.54) is 6.07 Å². The van der Waals surface area contributed by atoms with Crippen molar-refractivity contribution in [2.75, 3.05) is 25.5 Å². The van der Waals surface area contributed by atoms with Crippen LogP contribution in [0.3, 0.4) is 0 Å². The van der Waals surface area contributed by atoms with Crippen LogP contribution in [0.25, 0.3) is 0 Å². The monoisotopic (exact) mass is 277 g/mol. The second-order valence-electron chi connectivity index (χ2n) is 5.37. The number of carbonyl (C=O) groups is 1. The van der Waals surface area contributed by atoms with Crippen molar-refractivity contribution in [2.45, 2.75) is 13.8 Å². The fraction of sp³-hybridized carbons (Fsp3) is 0.500. The number of nitrogens with zero attached hydrogens (tertiary/aromatic N) is 2. The van der Waals surface area contributed by atoms with Gasteiger partial charge in [0.05, 0.1) is 4.92 Å². The van der Waals surface area contributed by atoms with Gasteiger partial charge in [0, 0.05) is 20.1 Å². The van der Waals surface area contributed by atoms with Crippen molar-refractivity contribution in [3.8, 4) is 0 Å². The summed E-state index contributed by atoms with van der Waals surface area (Å²) in [5, 5.41) is 14.0. The Hall–Kier alpha value is -2.11. The van der Waals surface area contributed by atoms with Gasteiger partial charge < -0.3 is 10.2 Å². The van der Waals surface area contributed by atoms with E-state index in [1.807, 2.05) is 0 Å². The zero-order valence-corrected chi connectivity index (χ0v) is 11.9. The molecular weight excluding hydrogens is 258 g/mol. The largest absolute Gasteiger partial charge is 0.383 e. The summed E-state index contributed by atoms with van der Waals surface area (Å²) in [7, 11) is 1.61. The highest BCUT2D eigenvalue weighted by molar-refractivity contribution is 6.00. The molecule has 0 aromatic heterocycles. The number of nitro groups is 1. The summed E-state index contributed by atoms with van der Waals surface area (Å²) >= 11 is 0. The Balaban J connectivity index is 2.38. The molecule has 1 N–H and O–H groups in total. The van der Waals surface area contributed by atoms with Crippen molar-refractivity contribution < 1.29 is 9.72 Å². The fourth-order valence-corrected chi connectivity index (χ4v) is 2.58. The molecule has 6 heteroatoms. The molecule has 6 nitrogen and oxygen atoms in total. The Morgan fingerprint density at radius 3 is 2.45 bits per heavy atom. The zero-order chi connectivity index (χ0) is 14.9. The van der Waals surface area contributed by atoms with Gasteiger partial charge in [-0.15, -0.1) is 0 Å². The van der Waals surface area contributed by atoms with Gasteiger partial charge in [0.25, 0.3) is 5.91 Å². The van der Waals surface area contributed by atoms with Crippen molar-refractivity contribution in [2.24, 2.45) is 11.8 Å². The number of anilines is 1. The molecule has 0 saturated carbocycles. The number of nitrogens with one attached hydrogen (secondary N) is 1. The van der Waals surface area contributed by atoms with E-state index in [-0.39, 0.29) is 17.2 Å². The first kappa shape index (κ1) is 14.3. The van der Waals surface area contributed by atoms with E-state index in [0.29, 0.717) is 30.6 Å². The molecule has 0 aliphatic carbocycles. The predicted molar refractivity (Wildman–Crippen MR) is 76.9 cm³/mol. The highest BCUT2D eigenvalue weighted by Crippen LogP contribution is 2.31. The summed E-state index contributed by atoms with van der Waals surface area (Å²) in [5.74, 6) is 0.584. The summed E-state index contributed by atoms with van der Waals surface area (Å²) in [6.07, 6.45) is 0. The topological polar surface area (TPSA) is 75.5 Å². The Labute approximate surface area is 117 Å². The summed E-state index contributed by atoms with van der Waals surface area (Å²) < 4.78 is 0. The average molecular weight is 277 g/mol. The van der Waals surface area contributed by atoms with Gasteiger partial charge in [-0.25, -0.2) is 0 Å². The van der Waals surface area contributed by atoms with Crippen LogP contribution in [0.2, 0.25) is 0 Å². The molecule has 1 aliphatic heterocycles. The highest BCUT2D eigenvalue weighted by atomic mass is 16.6. The molecule has 1 aromatic carbocycles. The molecule has 0 radical (unpaired) electrons. The van der Waals surface area contributed by atoms with Crippen LogP contribution in [0.4, 0.5) is 11.4 Å². The molecule has 1 heterocycles. The van der Waals surface area contributed by atoms with E-state index in [9.17, 15) is 14.9 Å². The lowest BCUT2D eigenvalue weighted by molar-refractivity contribution is -0.384. The zero-order valence-electron chi connectivity index (χ0n) is 11.9. The standard InChI is InChI=1S/C14H19N3O3/c1-9-7-16(8-10(9)2)14(18)11-5-4-6-12(15-3)13(11)17(19)20/h4-6,9-10,15H,7-8H2,1-3H3. The van der Waals surface area contributed by atoms with E-state index in [2.05, 4.69) is 19.2 Å². The summed E-state index contributed by atoms with van der Waals surface area (Å²) in [4.78, 5) is 25.0. The lowest BCUT2D eigenvalue weighted by Gasteiger charge is -2.16. The number of benzene rings is 1. The van der Waals surface area contributed by atoms with Crippen LogP contribution in [0.5, 0.6) is 0 Å². The molecule has 108 valence electrons. The first-order valence-electron chi connectivity index (χ1n) is 6.70. The fourth-order valence-electron chi connectivity index (χ4n) is 2.58. The van der Waals surface area contributed by atoms with Gasteiger partial charge in [0.1, 0.15) is 11.3 Å². The average Bonchev–Trinajstić information content (AvgIpc) is 2.76. The molecule has 0 bridgehead atoms. The van der Waals surface area contributed by atoms with Crippen LogP contribution in [-0.2, 0) is 0 Å². The maximum atomic E-state index is 12.5. The van der Waals surface area contributed by atoms with Crippen LogP contribution < -0.4 is 5.32 Å². The van der Waals surface area contributed by atoms with Crippen molar-refractivity contribution >= 4 is 17.3 Å². The Morgan fingerprint density at radius 1 is 1.35 bits per heavy atom. The van der Waals surface area contributed by atoms with E-state index in [1.54, 1.807) is 24.1 Å². The first-order chi connectivity index (χ1) is 9.45. The first-order valence-corrected chi connectivity index (χ1v) is 6.70. The molecule has 2 unspecified atom stereocenters. The van der Waals surface area contributed by atoms with E-state index in [0.717, 1.165) is 0 Å². The SMILES string of the molecule is CNc1cccc(C(=O)N2CC(C)C(C)C2)c1[N+](=O)[O-]. The van der Waals surface area contributed by atoms with Crippen LogP contribution in [0.1, 0.15) is 24.2 Å². The summed E-state index contributed by atoms with van der Waals surface area (Å²) in [6.45, 7) is 5.49. The Kier molecular flexibility index (Phi) is 3.92. The quantitative estimate of drug-likeness (QED) is 0.679. The number of hydrogen-bond acceptors (Lipinski definition) is 4. The third kappa shape index (κ3) is 2.45. The number of nitro benzene ring substituents is 1. The van der Waals surface area contributed by atoms with Gasteiger partial charge in [0.2, 0.25) is 0 Å². The van der Waals surface area contributed by atoms with Crippen LogP contribution in [-0.4, -0.2) is 35.9 Å². The van der Waals surface area contributed by atoms with Gasteiger partial charge in [-0.1, -0.05) is 19.9 Å². The minimum absolute atomic E-state index is 0.146. The number of amides is 1. The molecule has 1 fully saturated rings. The molecule has 0 spiro atoms. The minimum Gasteiger partial charge on any atom is -0.383 e. The van der Waals surface area contributed by atoms with Crippen molar-refractivity contribution in [3.63, 3.8) is 0 Å². The van der Waals surface area contributed by atoms with Gasteiger partial charge in [-0.05, 0) is 24.0 Å². The molecule has 1 aliphatic rings. The predicted octanol–water partition coefficient (Wildman–Crippen LogP) is 2.36. The molecule has 1 amide bonds. The molecule has 2 atom stereocenters. The van der Waals surface area contributed by atoms with Gasteiger partial charge in [-0.3, -0.25) is 14.9 Å². The Bertz CT molecular complexity index is 534. The van der Waals surface area contributed by atoms with Crippen LogP contribution >= 0.6 is 0 Å². The van der Waals surface area contributed by atoms with Gasteiger partial charge >= 0.3 is 5.69 Å².